The Kier molecular flexibility index (Phi) is 10.4. The summed E-state index contributed by atoms with van der Waals surface area (Å²) >= 11 is 0. The minimum atomic E-state index is -1.52. The predicted octanol–water partition coefficient (Wildman–Crippen LogP) is 2.42. The second-order valence-electron chi connectivity index (χ2n) is 9.09. The minimum absolute atomic E-state index is 0.0387. The van der Waals surface area contributed by atoms with E-state index in [1.54, 1.807) is 0 Å². The molecule has 0 aliphatic carbocycles. The lowest BCUT2D eigenvalue weighted by Crippen LogP contribution is -2.63. The lowest BCUT2D eigenvalue weighted by Gasteiger charge is -2.43. The van der Waals surface area contributed by atoms with Crippen molar-refractivity contribution >= 4 is 29.7 Å². The van der Waals surface area contributed by atoms with Gasteiger partial charge in [0.1, 0.15) is 30.0 Å². The average molecular weight is 577 g/mol. The van der Waals surface area contributed by atoms with Crippen LogP contribution in [0.2, 0.25) is 0 Å². The number of aromatic hydroxyl groups is 1. The number of carbonyl (C=O) groups is 5. The highest BCUT2D eigenvalue weighted by Crippen LogP contribution is 2.33. The Morgan fingerprint density at radius 1 is 0.805 bits per heavy atom. The molecule has 1 heterocycles. The maximum atomic E-state index is 13.2. The Balaban J connectivity index is 1.90. The third-order valence-corrected chi connectivity index (χ3v) is 5.75. The summed E-state index contributed by atoms with van der Waals surface area (Å²) in [5.74, 6) is -4.46. The number of phenolic OH excluding ortho intramolecular Hbond substituents is 1. The number of esters is 4. The van der Waals surface area contributed by atoms with Crippen LogP contribution in [0.3, 0.4) is 0 Å². The van der Waals surface area contributed by atoms with Crippen molar-refractivity contribution in [1.82, 2.24) is 0 Å². The first-order valence-electron chi connectivity index (χ1n) is 12.4. The van der Waals surface area contributed by atoms with Crippen molar-refractivity contribution < 1.29 is 61.9 Å². The lowest BCUT2D eigenvalue weighted by atomic mass is 9.98. The number of rotatable bonds is 10. The van der Waals surface area contributed by atoms with E-state index in [0.29, 0.717) is 5.56 Å². The Labute approximate surface area is 234 Å². The zero-order valence-electron chi connectivity index (χ0n) is 22.7. The number of halogens is 1. The maximum Gasteiger partial charge on any atom is 0.303 e. The highest BCUT2D eigenvalue weighted by atomic mass is 19.1. The van der Waals surface area contributed by atoms with Gasteiger partial charge in [0.25, 0.3) is 0 Å². The first-order valence-corrected chi connectivity index (χ1v) is 12.4. The molecule has 41 heavy (non-hydrogen) atoms. The Bertz CT molecular complexity index is 1290. The largest absolute Gasteiger partial charge is 0.507 e. The maximum absolute atomic E-state index is 13.2. The summed E-state index contributed by atoms with van der Waals surface area (Å²) in [6.45, 7) is 3.96. The van der Waals surface area contributed by atoms with Crippen molar-refractivity contribution in [3.8, 4) is 11.5 Å². The Hall–Kier alpha value is -4.52. The third-order valence-electron chi connectivity index (χ3n) is 5.75. The molecule has 0 spiro atoms. The van der Waals surface area contributed by atoms with Crippen molar-refractivity contribution in [3.05, 3.63) is 59.4 Å². The van der Waals surface area contributed by atoms with E-state index in [9.17, 15) is 33.5 Å². The van der Waals surface area contributed by atoms with Crippen molar-refractivity contribution in [2.24, 2.45) is 0 Å². The van der Waals surface area contributed by atoms with Crippen LogP contribution < -0.4 is 4.74 Å². The topological polar surface area (TPSA) is 161 Å². The zero-order valence-corrected chi connectivity index (χ0v) is 22.7. The van der Waals surface area contributed by atoms with Crippen LogP contribution in [0, 0.1) is 5.82 Å². The van der Waals surface area contributed by atoms with Crippen LogP contribution in [0.25, 0.3) is 0 Å². The van der Waals surface area contributed by atoms with Gasteiger partial charge >= 0.3 is 23.9 Å². The average Bonchev–Trinajstić information content (AvgIpc) is 2.87. The van der Waals surface area contributed by atoms with E-state index in [2.05, 4.69) is 0 Å². The molecule has 0 unspecified atom stereocenters. The number of hydrogen-bond acceptors (Lipinski definition) is 12. The van der Waals surface area contributed by atoms with Gasteiger partial charge in [0.2, 0.25) is 12.4 Å². The molecule has 1 aliphatic rings. The summed E-state index contributed by atoms with van der Waals surface area (Å²) in [4.78, 5) is 60.0. The van der Waals surface area contributed by atoms with Gasteiger partial charge in [-0.2, -0.15) is 0 Å². The van der Waals surface area contributed by atoms with Gasteiger partial charge in [-0.05, 0) is 29.8 Å². The van der Waals surface area contributed by atoms with E-state index in [4.69, 9.17) is 28.4 Å². The van der Waals surface area contributed by atoms with Crippen LogP contribution in [0.1, 0.15) is 43.6 Å². The Morgan fingerprint density at radius 2 is 1.39 bits per heavy atom. The molecule has 13 heteroatoms. The van der Waals surface area contributed by atoms with E-state index < -0.39 is 78.5 Å². The molecule has 0 radical (unpaired) electrons. The standard InChI is InChI=1S/C28H29FO12/c1-14(30)36-13-24-25(37-15(2)31)26(38-16(3)32)27(39-17(4)33)28(41-24)40-20-9-10-21(23(35)12-20)22(34)11-18-5-7-19(29)8-6-18/h5-10,12,24-28,35H,11,13H2,1-4H3/t24-,25-,26+,27+,28+/m1/s1. The molecule has 5 atom stereocenters. The van der Waals surface area contributed by atoms with Gasteiger partial charge in [0.05, 0.1) is 5.56 Å². The summed E-state index contributed by atoms with van der Waals surface area (Å²) in [7, 11) is 0. The quantitative estimate of drug-likeness (QED) is 0.250. The fourth-order valence-corrected chi connectivity index (χ4v) is 4.12. The first-order chi connectivity index (χ1) is 19.3. The molecular formula is C28H29FO12. The van der Waals surface area contributed by atoms with E-state index in [0.717, 1.165) is 33.8 Å². The Morgan fingerprint density at radius 3 is 1.95 bits per heavy atom. The molecule has 1 aliphatic heterocycles. The first kappa shape index (κ1) is 31.0. The molecule has 220 valence electrons. The number of phenols is 1. The molecule has 2 aromatic carbocycles. The van der Waals surface area contributed by atoms with Crippen molar-refractivity contribution in [2.75, 3.05) is 6.61 Å². The number of ether oxygens (including phenoxy) is 6. The number of ketones is 1. The monoisotopic (exact) mass is 576 g/mol. The highest BCUT2D eigenvalue weighted by Gasteiger charge is 2.53. The van der Waals surface area contributed by atoms with Gasteiger partial charge in [0.15, 0.2) is 18.0 Å². The van der Waals surface area contributed by atoms with Crippen LogP contribution in [0.4, 0.5) is 4.39 Å². The molecule has 0 saturated carbocycles. The number of carbonyl (C=O) groups excluding carboxylic acids is 5. The number of Topliss-reactive ketones (excluding diaryl/α,β-unsaturated/α-hetero) is 1. The van der Waals surface area contributed by atoms with Gasteiger partial charge in [-0.3, -0.25) is 24.0 Å². The molecule has 1 N–H and O–H groups in total. The third kappa shape index (κ3) is 8.73. The van der Waals surface area contributed by atoms with Crippen LogP contribution in [0.5, 0.6) is 11.5 Å². The molecule has 12 nitrogen and oxygen atoms in total. The smallest absolute Gasteiger partial charge is 0.303 e. The van der Waals surface area contributed by atoms with Gasteiger partial charge in [-0.25, -0.2) is 4.39 Å². The molecule has 0 bridgehead atoms. The fourth-order valence-electron chi connectivity index (χ4n) is 4.12. The van der Waals surface area contributed by atoms with Crippen molar-refractivity contribution in [3.63, 3.8) is 0 Å². The molecule has 1 saturated heterocycles. The number of benzene rings is 2. The molecule has 0 aromatic heterocycles. The molecule has 0 amide bonds. The van der Waals surface area contributed by atoms with Gasteiger partial charge in [0, 0.05) is 40.2 Å². The summed E-state index contributed by atoms with van der Waals surface area (Å²) in [5.41, 5.74) is 0.497. The number of hydrogen-bond donors (Lipinski definition) is 1. The second-order valence-corrected chi connectivity index (χ2v) is 9.09. The predicted molar refractivity (Wildman–Crippen MR) is 135 cm³/mol. The van der Waals surface area contributed by atoms with Crippen molar-refractivity contribution in [2.45, 2.75) is 64.8 Å². The van der Waals surface area contributed by atoms with Crippen LogP contribution in [-0.4, -0.2) is 72.1 Å². The molecule has 2 aromatic rings. The zero-order chi connectivity index (χ0) is 30.3. The summed E-state index contributed by atoms with van der Waals surface area (Å²) in [5, 5.41) is 10.6. The minimum Gasteiger partial charge on any atom is -0.507 e. The van der Waals surface area contributed by atoms with E-state index in [-0.39, 0.29) is 17.7 Å². The fraction of sp³-hybridized carbons (Fsp3) is 0.393. The van der Waals surface area contributed by atoms with Crippen LogP contribution in [0.15, 0.2) is 42.5 Å². The van der Waals surface area contributed by atoms with Crippen LogP contribution in [-0.2, 0) is 49.3 Å². The lowest BCUT2D eigenvalue weighted by molar-refractivity contribution is -0.288. The van der Waals surface area contributed by atoms with Crippen LogP contribution >= 0.6 is 0 Å². The summed E-state index contributed by atoms with van der Waals surface area (Å²) in [6.07, 6.45) is -7.13. The highest BCUT2D eigenvalue weighted by molar-refractivity contribution is 6.00. The van der Waals surface area contributed by atoms with E-state index >= 15 is 0 Å². The van der Waals surface area contributed by atoms with E-state index in [1.807, 2.05) is 0 Å². The van der Waals surface area contributed by atoms with E-state index in [1.165, 1.54) is 36.4 Å². The van der Waals surface area contributed by atoms with Gasteiger partial charge < -0.3 is 33.5 Å². The summed E-state index contributed by atoms with van der Waals surface area (Å²) in [6, 6.07) is 9.08. The molecule has 3 rings (SSSR count). The molecular weight excluding hydrogens is 547 g/mol. The van der Waals surface area contributed by atoms with Crippen molar-refractivity contribution in [1.29, 1.82) is 0 Å². The molecule has 1 fully saturated rings. The van der Waals surface area contributed by atoms with Gasteiger partial charge in [-0.1, -0.05) is 12.1 Å². The summed E-state index contributed by atoms with van der Waals surface area (Å²) < 4.78 is 45.9. The van der Waals surface area contributed by atoms with Gasteiger partial charge in [-0.15, -0.1) is 0 Å². The SMILES string of the molecule is CC(=O)OC[C@H]1O[C@H](Oc2ccc(C(=O)Cc3ccc(F)cc3)c(O)c2)[C@@H](OC(C)=O)[C@@H](OC(C)=O)[C@@H]1OC(C)=O. The second kappa shape index (κ2) is 13.7. The normalized spacial score (nSPS) is 21.7.